The number of carbonyl (C=O) groups excluding carboxylic acids is 2. The molecular formula is C26H21NO3. The number of allylic oxidation sites excluding steroid dienone is 1. The Morgan fingerprint density at radius 1 is 0.900 bits per heavy atom. The van der Waals surface area contributed by atoms with Crippen molar-refractivity contribution in [3.05, 3.63) is 88.6 Å². The number of hydrogen-bond donors (Lipinski definition) is 0. The molecule has 0 unspecified atom stereocenters. The highest BCUT2D eigenvalue weighted by Gasteiger charge is 2.33. The molecule has 0 saturated heterocycles. The lowest BCUT2D eigenvalue weighted by atomic mass is 10.1. The molecule has 4 aromatic rings. The maximum absolute atomic E-state index is 12.9. The minimum absolute atomic E-state index is 0.131. The Morgan fingerprint density at radius 2 is 1.63 bits per heavy atom. The van der Waals surface area contributed by atoms with E-state index in [9.17, 15) is 9.59 Å². The molecule has 0 radical (unpaired) electrons. The van der Waals surface area contributed by atoms with Crippen LogP contribution in [0.25, 0.3) is 28.5 Å². The fraction of sp³-hybridized carbons (Fsp3) is 0.154. The van der Waals surface area contributed by atoms with Crippen LogP contribution < -0.4 is 0 Å². The molecule has 0 atom stereocenters. The zero-order valence-corrected chi connectivity index (χ0v) is 17.1. The van der Waals surface area contributed by atoms with E-state index < -0.39 is 0 Å². The highest BCUT2D eigenvalue weighted by Crippen LogP contribution is 2.35. The van der Waals surface area contributed by atoms with Crippen molar-refractivity contribution >= 4 is 28.7 Å². The van der Waals surface area contributed by atoms with Gasteiger partial charge in [-0.15, -0.1) is 0 Å². The molecule has 0 N–H and O–H groups in total. The van der Waals surface area contributed by atoms with Crippen molar-refractivity contribution in [1.82, 2.24) is 4.57 Å². The van der Waals surface area contributed by atoms with Crippen molar-refractivity contribution in [3.8, 4) is 11.3 Å². The van der Waals surface area contributed by atoms with Crippen molar-refractivity contribution in [2.75, 3.05) is 0 Å². The van der Waals surface area contributed by atoms with Gasteiger partial charge in [0.05, 0.1) is 11.1 Å². The second-order valence-electron chi connectivity index (χ2n) is 8.02. The van der Waals surface area contributed by atoms with E-state index >= 15 is 0 Å². The molecule has 0 saturated carbocycles. The average molecular weight is 395 g/mol. The number of benzene rings is 2. The van der Waals surface area contributed by atoms with Crippen LogP contribution in [0.5, 0.6) is 0 Å². The zero-order valence-electron chi connectivity index (χ0n) is 17.1. The molecule has 30 heavy (non-hydrogen) atoms. The average Bonchev–Trinajstić information content (AvgIpc) is 3.35. The number of furan rings is 1. The van der Waals surface area contributed by atoms with Gasteiger partial charge in [-0.1, -0.05) is 48.0 Å². The molecule has 1 aliphatic rings. The highest BCUT2D eigenvalue weighted by atomic mass is 16.3. The SMILES string of the molecule is Cc1ccc2c(c1)C(=O)/C(=C\c1cc3oc(-c4ccccc4)cc3n1C(C)C)C2=O. The fourth-order valence-corrected chi connectivity index (χ4v) is 4.18. The van der Waals surface area contributed by atoms with Crippen molar-refractivity contribution in [1.29, 1.82) is 0 Å². The summed E-state index contributed by atoms with van der Waals surface area (Å²) in [7, 11) is 0. The van der Waals surface area contributed by atoms with E-state index in [0.717, 1.165) is 33.7 Å². The molecule has 1 aliphatic carbocycles. The summed E-state index contributed by atoms with van der Waals surface area (Å²) in [6.45, 7) is 6.07. The van der Waals surface area contributed by atoms with E-state index in [1.807, 2.05) is 55.5 Å². The van der Waals surface area contributed by atoms with E-state index in [-0.39, 0.29) is 23.2 Å². The predicted octanol–water partition coefficient (Wildman–Crippen LogP) is 6.25. The first-order valence-electron chi connectivity index (χ1n) is 10.1. The summed E-state index contributed by atoms with van der Waals surface area (Å²) < 4.78 is 8.21. The largest absolute Gasteiger partial charge is 0.454 e. The molecule has 0 spiro atoms. The fourth-order valence-electron chi connectivity index (χ4n) is 4.18. The maximum atomic E-state index is 12.9. The second-order valence-corrected chi connectivity index (χ2v) is 8.02. The van der Waals surface area contributed by atoms with Crippen LogP contribution in [0.4, 0.5) is 0 Å². The van der Waals surface area contributed by atoms with Crippen molar-refractivity contribution < 1.29 is 14.0 Å². The molecule has 0 amide bonds. The second kappa shape index (κ2) is 6.70. The van der Waals surface area contributed by atoms with Gasteiger partial charge in [0, 0.05) is 40.6 Å². The summed E-state index contributed by atoms with van der Waals surface area (Å²) in [6, 6.07) is 19.4. The summed E-state index contributed by atoms with van der Waals surface area (Å²) in [5, 5.41) is 0. The maximum Gasteiger partial charge on any atom is 0.197 e. The summed E-state index contributed by atoms with van der Waals surface area (Å²) >= 11 is 0. The van der Waals surface area contributed by atoms with Crippen LogP contribution in [-0.4, -0.2) is 16.1 Å². The minimum Gasteiger partial charge on any atom is -0.454 e. The van der Waals surface area contributed by atoms with Crippen LogP contribution in [0.3, 0.4) is 0 Å². The first-order chi connectivity index (χ1) is 14.4. The van der Waals surface area contributed by atoms with Crippen molar-refractivity contribution in [2.45, 2.75) is 26.8 Å². The number of carbonyl (C=O) groups is 2. The van der Waals surface area contributed by atoms with Crippen LogP contribution in [0.1, 0.15) is 51.9 Å². The third-order valence-corrected chi connectivity index (χ3v) is 5.58. The van der Waals surface area contributed by atoms with Gasteiger partial charge in [-0.2, -0.15) is 0 Å². The van der Waals surface area contributed by atoms with Gasteiger partial charge < -0.3 is 8.98 Å². The molecule has 148 valence electrons. The summed E-state index contributed by atoms with van der Waals surface area (Å²) in [6.07, 6.45) is 1.71. The minimum atomic E-state index is -0.215. The first-order valence-corrected chi connectivity index (χ1v) is 10.1. The van der Waals surface area contributed by atoms with E-state index in [4.69, 9.17) is 4.42 Å². The Bertz CT molecular complexity index is 1350. The normalized spacial score (nSPS) is 15.0. The molecule has 4 heteroatoms. The van der Waals surface area contributed by atoms with Gasteiger partial charge in [0.25, 0.3) is 0 Å². The lowest BCUT2D eigenvalue weighted by Crippen LogP contribution is -2.05. The third kappa shape index (κ3) is 2.76. The van der Waals surface area contributed by atoms with Gasteiger partial charge in [-0.05, 0) is 32.9 Å². The number of aryl methyl sites for hydroxylation is 1. The standard InChI is InChI=1S/C26H21NO3/c1-15(2)27-18(12-21-25(28)19-10-9-16(3)11-20(19)26(21)29)13-24-22(27)14-23(30-24)17-7-5-4-6-8-17/h4-15H,1-3H3/b21-12-. The zero-order chi connectivity index (χ0) is 21.0. The Kier molecular flexibility index (Phi) is 4.10. The molecule has 2 heterocycles. The molecule has 0 fully saturated rings. The Hall–Kier alpha value is -3.66. The van der Waals surface area contributed by atoms with E-state index in [2.05, 4.69) is 18.4 Å². The molecule has 0 bridgehead atoms. The lowest BCUT2D eigenvalue weighted by molar-refractivity contribution is 0.0990. The van der Waals surface area contributed by atoms with Gasteiger partial charge in [-0.25, -0.2) is 0 Å². The Morgan fingerprint density at radius 3 is 2.37 bits per heavy atom. The van der Waals surface area contributed by atoms with E-state index in [0.29, 0.717) is 11.1 Å². The van der Waals surface area contributed by atoms with Gasteiger partial charge in [-0.3, -0.25) is 9.59 Å². The lowest BCUT2D eigenvalue weighted by Gasteiger charge is -2.12. The summed E-state index contributed by atoms with van der Waals surface area (Å²) in [4.78, 5) is 25.8. The number of fused-ring (bicyclic) bond motifs is 2. The van der Waals surface area contributed by atoms with Crippen molar-refractivity contribution in [2.24, 2.45) is 0 Å². The van der Waals surface area contributed by atoms with Gasteiger partial charge in [0.2, 0.25) is 0 Å². The van der Waals surface area contributed by atoms with E-state index in [1.54, 1.807) is 18.2 Å². The molecule has 0 aliphatic heterocycles. The predicted molar refractivity (Wildman–Crippen MR) is 118 cm³/mol. The number of Topliss-reactive ketones (excluding diaryl/α,β-unsaturated/α-hetero) is 2. The third-order valence-electron chi connectivity index (χ3n) is 5.58. The monoisotopic (exact) mass is 395 g/mol. The Labute approximate surface area is 174 Å². The van der Waals surface area contributed by atoms with Crippen LogP contribution >= 0.6 is 0 Å². The van der Waals surface area contributed by atoms with Gasteiger partial charge >= 0.3 is 0 Å². The molecule has 4 nitrogen and oxygen atoms in total. The molecule has 5 rings (SSSR count). The van der Waals surface area contributed by atoms with Crippen molar-refractivity contribution in [3.63, 3.8) is 0 Å². The number of hydrogen-bond acceptors (Lipinski definition) is 3. The van der Waals surface area contributed by atoms with Crippen LogP contribution in [-0.2, 0) is 0 Å². The number of nitrogens with zero attached hydrogens (tertiary/aromatic N) is 1. The summed E-state index contributed by atoms with van der Waals surface area (Å²) in [5.74, 6) is 0.370. The summed E-state index contributed by atoms with van der Waals surface area (Å²) in [5.41, 5.74) is 5.63. The first kappa shape index (κ1) is 18.4. The number of aromatic nitrogens is 1. The van der Waals surface area contributed by atoms with Crippen LogP contribution in [0.15, 0.2) is 70.7 Å². The molecule has 2 aromatic heterocycles. The number of rotatable bonds is 3. The number of ketones is 2. The smallest absolute Gasteiger partial charge is 0.197 e. The quantitative estimate of drug-likeness (QED) is 0.304. The van der Waals surface area contributed by atoms with Gasteiger partial charge in [0.15, 0.2) is 17.1 Å². The molecule has 2 aromatic carbocycles. The van der Waals surface area contributed by atoms with Crippen LogP contribution in [0, 0.1) is 6.92 Å². The van der Waals surface area contributed by atoms with Crippen LogP contribution in [0.2, 0.25) is 0 Å². The Balaban J connectivity index is 1.63. The van der Waals surface area contributed by atoms with Gasteiger partial charge in [0.1, 0.15) is 5.76 Å². The van der Waals surface area contributed by atoms with E-state index in [1.165, 1.54) is 0 Å². The topological polar surface area (TPSA) is 52.2 Å². The molecular weight excluding hydrogens is 374 g/mol. The highest BCUT2D eigenvalue weighted by molar-refractivity contribution is 6.41.